The van der Waals surface area contributed by atoms with Crippen molar-refractivity contribution >= 4 is 11.9 Å². The van der Waals surface area contributed by atoms with Crippen LogP contribution in [-0.4, -0.2) is 36.1 Å². The van der Waals surface area contributed by atoms with Crippen molar-refractivity contribution in [2.75, 3.05) is 14.2 Å². The Bertz CT molecular complexity index is 1520. The van der Waals surface area contributed by atoms with E-state index in [0.29, 0.717) is 5.56 Å². The molecular formula is C30H20N2O4. The normalized spacial score (nSPS) is 9.72. The predicted molar refractivity (Wildman–Crippen MR) is 135 cm³/mol. The highest BCUT2D eigenvalue weighted by Gasteiger charge is 2.13. The fraction of sp³-hybridized carbons (Fsp3) is 0.0667. The average molecular weight is 473 g/mol. The molecule has 0 saturated heterocycles. The van der Waals surface area contributed by atoms with Gasteiger partial charge < -0.3 is 9.47 Å². The third-order valence-electron chi connectivity index (χ3n) is 5.03. The SMILES string of the molecule is COC(=O)c1cc(C#Cc2cccc(C#Cc3ccnc(-c4ccccn4)c3)c2)cc(C(=O)OC)c1. The summed E-state index contributed by atoms with van der Waals surface area (Å²) in [6.07, 6.45) is 3.44. The highest BCUT2D eigenvalue weighted by molar-refractivity contribution is 5.96. The van der Waals surface area contributed by atoms with Crippen LogP contribution in [0.5, 0.6) is 0 Å². The lowest BCUT2D eigenvalue weighted by molar-refractivity contribution is 0.0599. The van der Waals surface area contributed by atoms with Crippen molar-refractivity contribution in [1.29, 1.82) is 0 Å². The van der Waals surface area contributed by atoms with E-state index in [4.69, 9.17) is 9.47 Å². The van der Waals surface area contributed by atoms with Gasteiger partial charge in [0.1, 0.15) is 0 Å². The van der Waals surface area contributed by atoms with Crippen LogP contribution in [0.25, 0.3) is 11.4 Å². The Balaban J connectivity index is 1.59. The monoisotopic (exact) mass is 472 g/mol. The van der Waals surface area contributed by atoms with E-state index >= 15 is 0 Å². The van der Waals surface area contributed by atoms with Gasteiger partial charge in [-0.25, -0.2) is 9.59 Å². The predicted octanol–water partition coefficient (Wildman–Crippen LogP) is 4.52. The van der Waals surface area contributed by atoms with Crippen LogP contribution < -0.4 is 0 Å². The van der Waals surface area contributed by atoms with E-state index in [1.807, 2.05) is 54.6 Å². The lowest BCUT2D eigenvalue weighted by Crippen LogP contribution is -2.07. The Morgan fingerprint density at radius 1 is 0.583 bits per heavy atom. The van der Waals surface area contributed by atoms with Crippen molar-refractivity contribution in [3.63, 3.8) is 0 Å². The lowest BCUT2D eigenvalue weighted by atomic mass is 10.0. The topological polar surface area (TPSA) is 78.4 Å². The molecule has 2 aromatic heterocycles. The molecule has 0 unspecified atom stereocenters. The van der Waals surface area contributed by atoms with Crippen molar-refractivity contribution in [2.24, 2.45) is 0 Å². The molecule has 6 heteroatoms. The van der Waals surface area contributed by atoms with Crippen molar-refractivity contribution in [3.8, 4) is 35.1 Å². The quantitative estimate of drug-likeness (QED) is 0.322. The second kappa shape index (κ2) is 11.3. The van der Waals surface area contributed by atoms with Crippen LogP contribution in [0, 0.1) is 23.7 Å². The second-order valence-electron chi connectivity index (χ2n) is 7.51. The molecule has 0 radical (unpaired) electrons. The minimum absolute atomic E-state index is 0.215. The Hall–Kier alpha value is -5.20. The summed E-state index contributed by atoms with van der Waals surface area (Å²) in [5, 5.41) is 0. The van der Waals surface area contributed by atoms with Crippen molar-refractivity contribution in [2.45, 2.75) is 0 Å². The minimum atomic E-state index is -0.566. The molecule has 0 atom stereocenters. The van der Waals surface area contributed by atoms with Crippen LogP contribution in [-0.2, 0) is 9.47 Å². The van der Waals surface area contributed by atoms with Crippen molar-refractivity contribution in [3.05, 3.63) is 119 Å². The number of hydrogen-bond acceptors (Lipinski definition) is 6. The maximum Gasteiger partial charge on any atom is 0.337 e. The fourth-order valence-electron chi connectivity index (χ4n) is 3.30. The molecule has 6 nitrogen and oxygen atoms in total. The molecule has 0 spiro atoms. The van der Waals surface area contributed by atoms with Crippen LogP contribution in [0.15, 0.2) is 85.2 Å². The van der Waals surface area contributed by atoms with Crippen LogP contribution in [0.2, 0.25) is 0 Å². The van der Waals surface area contributed by atoms with Gasteiger partial charge in [-0.15, -0.1) is 0 Å². The number of nitrogens with zero attached hydrogens (tertiary/aromatic N) is 2. The van der Waals surface area contributed by atoms with Crippen molar-refractivity contribution in [1.82, 2.24) is 9.97 Å². The van der Waals surface area contributed by atoms with Crippen LogP contribution >= 0.6 is 0 Å². The van der Waals surface area contributed by atoms with Crippen molar-refractivity contribution < 1.29 is 19.1 Å². The summed E-state index contributed by atoms with van der Waals surface area (Å²) in [5.41, 5.74) is 4.78. The first-order chi connectivity index (χ1) is 17.6. The number of ether oxygens (including phenoxy) is 2. The second-order valence-corrected chi connectivity index (χ2v) is 7.51. The highest BCUT2D eigenvalue weighted by atomic mass is 16.5. The van der Waals surface area contributed by atoms with Gasteiger partial charge >= 0.3 is 11.9 Å². The zero-order chi connectivity index (χ0) is 25.3. The molecule has 2 heterocycles. The number of aromatic nitrogens is 2. The third-order valence-corrected chi connectivity index (χ3v) is 5.03. The highest BCUT2D eigenvalue weighted by Crippen LogP contribution is 2.15. The maximum atomic E-state index is 12.0. The average Bonchev–Trinajstić information content (AvgIpc) is 2.94. The lowest BCUT2D eigenvalue weighted by Gasteiger charge is -2.04. The summed E-state index contributed by atoms with van der Waals surface area (Å²) >= 11 is 0. The number of hydrogen-bond donors (Lipinski definition) is 0. The summed E-state index contributed by atoms with van der Waals surface area (Å²) < 4.78 is 9.54. The first kappa shape index (κ1) is 23.9. The number of esters is 2. The third kappa shape index (κ3) is 6.02. The standard InChI is InChI=1S/C30H20N2O4/c1-35-29(33)25-17-24(18-26(20-25)30(34)36-2)12-11-22-7-5-6-21(16-22)9-10-23-13-15-32-28(19-23)27-8-3-4-14-31-27/h3-8,13-20H,1-2H3. The molecule has 0 amide bonds. The number of rotatable bonds is 3. The summed E-state index contributed by atoms with van der Waals surface area (Å²) in [6, 6.07) is 21.4. The van der Waals surface area contributed by atoms with E-state index in [9.17, 15) is 9.59 Å². The Morgan fingerprint density at radius 3 is 1.75 bits per heavy atom. The summed E-state index contributed by atoms with van der Waals surface area (Å²) in [7, 11) is 2.55. The number of benzene rings is 2. The molecule has 36 heavy (non-hydrogen) atoms. The zero-order valence-electron chi connectivity index (χ0n) is 19.6. The molecule has 0 saturated carbocycles. The molecule has 0 bridgehead atoms. The van der Waals surface area contributed by atoms with Gasteiger partial charge in [-0.05, 0) is 60.7 Å². The molecule has 0 aliphatic heterocycles. The zero-order valence-corrected chi connectivity index (χ0v) is 19.6. The molecule has 0 N–H and O–H groups in total. The van der Waals surface area contributed by atoms with Crippen LogP contribution in [0.4, 0.5) is 0 Å². The van der Waals surface area contributed by atoms with E-state index in [2.05, 4.69) is 33.6 Å². The molecule has 4 aromatic rings. The van der Waals surface area contributed by atoms with Gasteiger partial charge in [0.15, 0.2) is 0 Å². The van der Waals surface area contributed by atoms with Gasteiger partial charge in [-0.1, -0.05) is 35.8 Å². The Kier molecular flexibility index (Phi) is 7.51. The van der Waals surface area contributed by atoms with E-state index < -0.39 is 11.9 Å². The Labute approximate surface area is 209 Å². The molecule has 0 aliphatic carbocycles. The number of carbonyl (C=O) groups excluding carboxylic acids is 2. The van der Waals surface area contributed by atoms with Gasteiger partial charge in [0.05, 0.1) is 36.7 Å². The number of pyridine rings is 2. The largest absolute Gasteiger partial charge is 0.465 e. The molecule has 174 valence electrons. The fourth-order valence-corrected chi connectivity index (χ4v) is 3.30. The molecule has 4 rings (SSSR count). The van der Waals surface area contributed by atoms with E-state index in [1.54, 1.807) is 24.5 Å². The van der Waals surface area contributed by atoms with Gasteiger partial charge in [-0.2, -0.15) is 0 Å². The summed E-state index contributed by atoms with van der Waals surface area (Å²) in [4.78, 5) is 32.7. The summed E-state index contributed by atoms with van der Waals surface area (Å²) in [6.45, 7) is 0. The number of carbonyl (C=O) groups is 2. The molecule has 0 aliphatic rings. The van der Waals surface area contributed by atoms with E-state index in [-0.39, 0.29) is 11.1 Å². The molecular weight excluding hydrogens is 452 g/mol. The Morgan fingerprint density at radius 2 is 1.17 bits per heavy atom. The minimum Gasteiger partial charge on any atom is -0.465 e. The molecule has 0 fully saturated rings. The van der Waals surface area contributed by atoms with Crippen LogP contribution in [0.1, 0.15) is 43.0 Å². The van der Waals surface area contributed by atoms with Gasteiger partial charge in [0.25, 0.3) is 0 Å². The summed E-state index contributed by atoms with van der Waals surface area (Å²) in [5.74, 6) is 11.2. The first-order valence-electron chi connectivity index (χ1n) is 10.9. The van der Waals surface area contributed by atoms with Gasteiger partial charge in [0.2, 0.25) is 0 Å². The van der Waals surface area contributed by atoms with E-state index in [1.165, 1.54) is 20.3 Å². The van der Waals surface area contributed by atoms with Gasteiger partial charge in [0, 0.05) is 34.6 Å². The van der Waals surface area contributed by atoms with Gasteiger partial charge in [-0.3, -0.25) is 9.97 Å². The smallest absolute Gasteiger partial charge is 0.337 e. The first-order valence-corrected chi connectivity index (χ1v) is 10.9. The molecule has 2 aromatic carbocycles. The number of methoxy groups -OCH3 is 2. The maximum absolute atomic E-state index is 12.0. The van der Waals surface area contributed by atoms with Crippen LogP contribution in [0.3, 0.4) is 0 Å². The van der Waals surface area contributed by atoms with E-state index in [0.717, 1.165) is 28.1 Å².